The second-order valence-electron chi connectivity index (χ2n) is 7.75. The summed E-state index contributed by atoms with van der Waals surface area (Å²) in [5.41, 5.74) is 3.42. The van der Waals surface area contributed by atoms with E-state index < -0.39 is 5.91 Å². The van der Waals surface area contributed by atoms with Gasteiger partial charge >= 0.3 is 0 Å². The number of nitrogens with one attached hydrogen (secondary N) is 1. The molecule has 0 aliphatic heterocycles. The highest BCUT2D eigenvalue weighted by molar-refractivity contribution is 14.1. The summed E-state index contributed by atoms with van der Waals surface area (Å²) >= 11 is 8.41. The molecular formula is C28H23ClINO4. The number of amides is 1. The molecule has 0 heterocycles. The molecule has 0 unspecified atom stereocenters. The first-order valence-corrected chi connectivity index (χ1v) is 12.3. The third-order valence-corrected chi connectivity index (χ3v) is 6.99. The summed E-state index contributed by atoms with van der Waals surface area (Å²) in [6, 6.07) is 25.5. The first kappa shape index (κ1) is 24.9. The van der Waals surface area contributed by atoms with E-state index in [4.69, 9.17) is 21.1 Å². The van der Waals surface area contributed by atoms with E-state index in [1.165, 1.54) is 6.07 Å². The molecule has 1 amide bonds. The zero-order chi connectivity index (χ0) is 24.8. The van der Waals surface area contributed by atoms with E-state index in [1.54, 1.807) is 37.4 Å². The highest BCUT2D eigenvalue weighted by Gasteiger charge is 2.14. The predicted octanol–water partition coefficient (Wildman–Crippen LogP) is 7.20. The number of rotatable bonds is 8. The van der Waals surface area contributed by atoms with Crippen molar-refractivity contribution < 1.29 is 19.4 Å². The lowest BCUT2D eigenvalue weighted by Gasteiger charge is -2.12. The topological polar surface area (TPSA) is 67.8 Å². The molecule has 0 spiro atoms. The lowest BCUT2D eigenvalue weighted by molar-refractivity contribution is 0.102. The molecule has 4 aromatic carbocycles. The van der Waals surface area contributed by atoms with Crippen molar-refractivity contribution in [2.45, 2.75) is 6.42 Å². The van der Waals surface area contributed by atoms with Crippen LogP contribution in [-0.2, 0) is 6.42 Å². The van der Waals surface area contributed by atoms with Crippen LogP contribution in [0.5, 0.6) is 17.2 Å². The Morgan fingerprint density at radius 1 is 0.971 bits per heavy atom. The number of hydrogen-bond acceptors (Lipinski definition) is 4. The van der Waals surface area contributed by atoms with Gasteiger partial charge in [0.25, 0.3) is 5.91 Å². The van der Waals surface area contributed by atoms with Crippen molar-refractivity contribution in [1.82, 2.24) is 0 Å². The SMILES string of the molecule is COc1ccccc1CCOc1cccc(NC(=O)c2cc(-c3ccc(I)c(Cl)c3)ccc2O)c1. The van der Waals surface area contributed by atoms with Gasteiger partial charge in [-0.15, -0.1) is 0 Å². The van der Waals surface area contributed by atoms with Crippen LogP contribution in [0, 0.1) is 3.57 Å². The van der Waals surface area contributed by atoms with Crippen molar-refractivity contribution in [3.05, 3.63) is 105 Å². The lowest BCUT2D eigenvalue weighted by Crippen LogP contribution is -2.12. The van der Waals surface area contributed by atoms with Gasteiger partial charge in [-0.2, -0.15) is 0 Å². The Kier molecular flexibility index (Phi) is 8.15. The molecule has 0 saturated heterocycles. The number of carbonyl (C=O) groups is 1. The van der Waals surface area contributed by atoms with Gasteiger partial charge in [-0.25, -0.2) is 0 Å². The van der Waals surface area contributed by atoms with Gasteiger partial charge in [-0.3, -0.25) is 4.79 Å². The maximum atomic E-state index is 13.0. The van der Waals surface area contributed by atoms with Gasteiger partial charge in [-0.05, 0) is 81.7 Å². The monoisotopic (exact) mass is 599 g/mol. The minimum atomic E-state index is -0.424. The number of para-hydroxylation sites is 1. The largest absolute Gasteiger partial charge is 0.507 e. The molecule has 5 nitrogen and oxygen atoms in total. The number of benzene rings is 4. The summed E-state index contributed by atoms with van der Waals surface area (Å²) in [6.45, 7) is 0.458. The number of phenols is 1. The summed E-state index contributed by atoms with van der Waals surface area (Å²) in [7, 11) is 1.65. The minimum absolute atomic E-state index is 0.105. The summed E-state index contributed by atoms with van der Waals surface area (Å²) in [5, 5.41) is 13.8. The molecule has 0 aliphatic rings. The maximum absolute atomic E-state index is 13.0. The molecular weight excluding hydrogens is 577 g/mol. The Bertz CT molecular complexity index is 1360. The summed E-state index contributed by atoms with van der Waals surface area (Å²) in [6.07, 6.45) is 0.684. The van der Waals surface area contributed by atoms with Gasteiger partial charge in [0.1, 0.15) is 17.2 Å². The second-order valence-corrected chi connectivity index (χ2v) is 9.32. The van der Waals surface area contributed by atoms with E-state index in [0.717, 1.165) is 26.0 Å². The number of phenolic OH excluding ortho intramolecular Hbond substituents is 1. The zero-order valence-corrected chi connectivity index (χ0v) is 21.8. The van der Waals surface area contributed by atoms with Crippen LogP contribution in [0.2, 0.25) is 5.02 Å². The van der Waals surface area contributed by atoms with Gasteiger partial charge in [-0.1, -0.05) is 48.0 Å². The van der Waals surface area contributed by atoms with Gasteiger partial charge in [0, 0.05) is 21.7 Å². The molecule has 7 heteroatoms. The Morgan fingerprint density at radius 3 is 2.54 bits per heavy atom. The average molecular weight is 600 g/mol. The number of methoxy groups -OCH3 is 1. The molecule has 0 fully saturated rings. The smallest absolute Gasteiger partial charge is 0.259 e. The van der Waals surface area contributed by atoms with Crippen molar-refractivity contribution >= 4 is 45.8 Å². The van der Waals surface area contributed by atoms with Crippen LogP contribution in [0.3, 0.4) is 0 Å². The number of halogens is 2. The van der Waals surface area contributed by atoms with Crippen molar-refractivity contribution in [1.29, 1.82) is 0 Å². The predicted molar refractivity (Wildman–Crippen MR) is 148 cm³/mol. The molecule has 35 heavy (non-hydrogen) atoms. The van der Waals surface area contributed by atoms with Gasteiger partial charge in [0.05, 0.1) is 24.3 Å². The molecule has 0 aliphatic carbocycles. The molecule has 0 saturated carbocycles. The van der Waals surface area contributed by atoms with Crippen LogP contribution >= 0.6 is 34.2 Å². The molecule has 178 valence electrons. The number of anilines is 1. The number of hydrogen-bond donors (Lipinski definition) is 2. The second kappa shape index (κ2) is 11.5. The van der Waals surface area contributed by atoms with Crippen LogP contribution in [0.15, 0.2) is 84.9 Å². The third-order valence-electron chi connectivity index (χ3n) is 5.42. The standard InChI is InChI=1S/C28H23ClINO4/c1-34-27-8-3-2-5-18(27)13-14-35-22-7-4-6-21(17-22)31-28(33)23-15-19(10-12-26(23)32)20-9-11-25(30)24(29)16-20/h2-12,15-17,32H,13-14H2,1H3,(H,31,33). The number of ether oxygens (including phenoxy) is 2. The maximum Gasteiger partial charge on any atom is 0.259 e. The van der Waals surface area contributed by atoms with Crippen LogP contribution in [-0.4, -0.2) is 24.7 Å². The zero-order valence-electron chi connectivity index (χ0n) is 18.9. The number of carbonyl (C=O) groups excluding carboxylic acids is 1. The first-order valence-electron chi connectivity index (χ1n) is 10.9. The van der Waals surface area contributed by atoms with Gasteiger partial charge in [0.15, 0.2) is 0 Å². The lowest BCUT2D eigenvalue weighted by atomic mass is 10.0. The highest BCUT2D eigenvalue weighted by Crippen LogP contribution is 2.30. The van der Waals surface area contributed by atoms with Crippen molar-refractivity contribution in [3.8, 4) is 28.4 Å². The Balaban J connectivity index is 1.44. The Morgan fingerprint density at radius 2 is 1.74 bits per heavy atom. The van der Waals surface area contributed by atoms with Crippen molar-refractivity contribution in [2.75, 3.05) is 19.0 Å². The Labute approximate surface area is 222 Å². The van der Waals surface area contributed by atoms with E-state index in [0.29, 0.717) is 29.5 Å². The quantitative estimate of drug-likeness (QED) is 0.210. The third kappa shape index (κ3) is 6.26. The van der Waals surface area contributed by atoms with Gasteiger partial charge < -0.3 is 19.9 Å². The van der Waals surface area contributed by atoms with Crippen LogP contribution in [0.25, 0.3) is 11.1 Å². The molecule has 2 N–H and O–H groups in total. The minimum Gasteiger partial charge on any atom is -0.507 e. The Hall–Kier alpha value is -3.23. The fourth-order valence-electron chi connectivity index (χ4n) is 3.62. The molecule has 0 atom stereocenters. The summed E-state index contributed by atoms with van der Waals surface area (Å²) < 4.78 is 12.2. The van der Waals surface area contributed by atoms with E-state index >= 15 is 0 Å². The number of aromatic hydroxyl groups is 1. The van der Waals surface area contributed by atoms with E-state index in [-0.39, 0.29) is 11.3 Å². The average Bonchev–Trinajstić information content (AvgIpc) is 2.86. The van der Waals surface area contributed by atoms with Gasteiger partial charge in [0.2, 0.25) is 0 Å². The van der Waals surface area contributed by atoms with Crippen LogP contribution in [0.4, 0.5) is 5.69 Å². The fourth-order valence-corrected chi connectivity index (χ4v) is 4.14. The van der Waals surface area contributed by atoms with E-state index in [1.807, 2.05) is 48.5 Å². The summed E-state index contributed by atoms with van der Waals surface area (Å²) in [4.78, 5) is 13.0. The molecule has 0 aromatic heterocycles. The van der Waals surface area contributed by atoms with Crippen LogP contribution < -0.4 is 14.8 Å². The molecule has 0 radical (unpaired) electrons. The molecule has 4 aromatic rings. The van der Waals surface area contributed by atoms with Crippen LogP contribution in [0.1, 0.15) is 15.9 Å². The fraction of sp³-hybridized carbons (Fsp3) is 0.107. The molecule has 4 rings (SSSR count). The first-order chi connectivity index (χ1) is 16.9. The van der Waals surface area contributed by atoms with Crippen molar-refractivity contribution in [3.63, 3.8) is 0 Å². The molecule has 0 bridgehead atoms. The van der Waals surface area contributed by atoms with E-state index in [9.17, 15) is 9.90 Å². The van der Waals surface area contributed by atoms with E-state index in [2.05, 4.69) is 27.9 Å². The highest BCUT2D eigenvalue weighted by atomic mass is 127. The van der Waals surface area contributed by atoms with Crippen molar-refractivity contribution in [2.24, 2.45) is 0 Å². The normalized spacial score (nSPS) is 10.6. The summed E-state index contributed by atoms with van der Waals surface area (Å²) in [5.74, 6) is 0.926.